The van der Waals surface area contributed by atoms with Crippen LogP contribution in [0.1, 0.15) is 70.8 Å². The van der Waals surface area contributed by atoms with Gasteiger partial charge in [0.1, 0.15) is 11.4 Å². The van der Waals surface area contributed by atoms with Gasteiger partial charge in [-0.15, -0.1) is 0 Å². The number of carboxylic acids is 1. The number of carboxylic acid groups (broad SMARTS) is 1. The number of hydrogen-bond acceptors (Lipinski definition) is 7. The normalized spacial score (nSPS) is 25.8. The highest BCUT2D eigenvalue weighted by molar-refractivity contribution is 5.68. The first kappa shape index (κ1) is 25.2. The molecule has 1 saturated carbocycles. The summed E-state index contributed by atoms with van der Waals surface area (Å²) >= 11 is 0. The van der Waals surface area contributed by atoms with Gasteiger partial charge < -0.3 is 30.0 Å². The van der Waals surface area contributed by atoms with Crippen LogP contribution >= 0.6 is 0 Å². The lowest BCUT2D eigenvalue weighted by Crippen LogP contribution is -2.56. The average Bonchev–Trinajstić information content (AvgIpc) is 2.76. The van der Waals surface area contributed by atoms with E-state index in [-0.39, 0.29) is 30.9 Å². The lowest BCUT2D eigenvalue weighted by Gasteiger charge is -2.35. The number of ether oxygens (including phenoxy) is 3. The zero-order valence-electron chi connectivity index (χ0n) is 19.8. The molecule has 1 aromatic heterocycles. The van der Waals surface area contributed by atoms with Crippen LogP contribution in [0.2, 0.25) is 0 Å². The predicted octanol–water partition coefficient (Wildman–Crippen LogP) is 3.23. The Hall–Kier alpha value is -2.39. The first-order valence-corrected chi connectivity index (χ1v) is 11.8. The van der Waals surface area contributed by atoms with Crippen LogP contribution in [0.5, 0.6) is 5.75 Å². The second-order valence-electron chi connectivity index (χ2n) is 9.86. The number of pyridine rings is 1. The Morgan fingerprint density at radius 3 is 2.67 bits per heavy atom. The van der Waals surface area contributed by atoms with E-state index in [9.17, 15) is 9.59 Å². The van der Waals surface area contributed by atoms with Gasteiger partial charge in [-0.25, -0.2) is 9.59 Å². The molecule has 1 aliphatic carbocycles. The molecule has 33 heavy (non-hydrogen) atoms. The minimum Gasteiger partial charge on any atom is -0.480 e. The monoisotopic (exact) mass is 463 g/mol. The van der Waals surface area contributed by atoms with Crippen molar-refractivity contribution in [3.8, 4) is 5.75 Å². The maximum atomic E-state index is 12.2. The first-order valence-electron chi connectivity index (χ1n) is 11.8. The molecule has 0 bridgehead atoms. The molecule has 1 aromatic rings. The number of rotatable bonds is 8. The zero-order chi connectivity index (χ0) is 23.8. The van der Waals surface area contributed by atoms with Crippen LogP contribution in [-0.4, -0.2) is 65.7 Å². The fourth-order valence-electron chi connectivity index (χ4n) is 4.53. The molecule has 3 N–H and O–H groups in total. The van der Waals surface area contributed by atoms with Gasteiger partial charge >= 0.3 is 12.1 Å². The van der Waals surface area contributed by atoms with Crippen LogP contribution in [0, 0.1) is 0 Å². The van der Waals surface area contributed by atoms with Crippen LogP contribution in [0.4, 0.5) is 4.79 Å². The van der Waals surface area contributed by atoms with Gasteiger partial charge in [0.05, 0.1) is 24.9 Å². The van der Waals surface area contributed by atoms with E-state index < -0.39 is 11.6 Å². The third-order valence-electron chi connectivity index (χ3n) is 6.08. The van der Waals surface area contributed by atoms with E-state index in [1.165, 1.54) is 0 Å². The maximum Gasteiger partial charge on any atom is 0.407 e. The van der Waals surface area contributed by atoms with Crippen molar-refractivity contribution in [1.29, 1.82) is 0 Å². The molecule has 9 nitrogen and oxygen atoms in total. The van der Waals surface area contributed by atoms with Crippen molar-refractivity contribution in [2.75, 3.05) is 19.8 Å². The van der Waals surface area contributed by atoms with Gasteiger partial charge in [0, 0.05) is 17.8 Å². The van der Waals surface area contributed by atoms with Crippen molar-refractivity contribution in [1.82, 2.24) is 15.6 Å². The number of aromatic nitrogens is 1. The van der Waals surface area contributed by atoms with Gasteiger partial charge in [-0.3, -0.25) is 4.98 Å². The van der Waals surface area contributed by atoms with E-state index in [0.717, 1.165) is 50.6 Å². The number of carbonyl (C=O) groups is 2. The third kappa shape index (κ3) is 8.16. The zero-order valence-corrected chi connectivity index (χ0v) is 19.8. The van der Waals surface area contributed by atoms with E-state index in [1.807, 2.05) is 26.8 Å². The Morgan fingerprint density at radius 2 is 1.97 bits per heavy atom. The standard InChI is InChI=1S/C24H37N3O6/c1-24(2,3)33-23(30)27-19-5-4-11-26-20(19)14-31-17-8-6-16(7-9-17)18-10-12-25-13-21(18)32-15-22(28)29/h10,12-13,16-17,19-20,26H,4-9,11,14-15H2,1-3H3,(H,27,30)(H,28,29)/t16?,17?,19-,20-/m0/s1. The number of alkyl carbamates (subject to hydrolysis) is 1. The Morgan fingerprint density at radius 1 is 1.21 bits per heavy atom. The van der Waals surface area contributed by atoms with Crippen molar-refractivity contribution in [3.63, 3.8) is 0 Å². The Kier molecular flexibility index (Phi) is 8.91. The topological polar surface area (TPSA) is 119 Å². The van der Waals surface area contributed by atoms with Gasteiger partial charge in [0.2, 0.25) is 0 Å². The largest absolute Gasteiger partial charge is 0.480 e. The van der Waals surface area contributed by atoms with E-state index in [2.05, 4.69) is 15.6 Å². The van der Waals surface area contributed by atoms with Crippen molar-refractivity contribution in [2.24, 2.45) is 0 Å². The van der Waals surface area contributed by atoms with Crippen molar-refractivity contribution >= 4 is 12.1 Å². The van der Waals surface area contributed by atoms with Crippen molar-refractivity contribution in [2.45, 2.75) is 89.0 Å². The fourth-order valence-corrected chi connectivity index (χ4v) is 4.53. The van der Waals surface area contributed by atoms with E-state index in [1.54, 1.807) is 12.4 Å². The number of hydrogen-bond donors (Lipinski definition) is 3. The summed E-state index contributed by atoms with van der Waals surface area (Å²) in [4.78, 5) is 27.1. The fraction of sp³-hybridized carbons (Fsp3) is 0.708. The van der Waals surface area contributed by atoms with Gasteiger partial charge in [0.25, 0.3) is 0 Å². The van der Waals surface area contributed by atoms with Crippen LogP contribution in [0.15, 0.2) is 18.5 Å². The summed E-state index contributed by atoms with van der Waals surface area (Å²) in [5, 5.41) is 15.4. The second-order valence-corrected chi connectivity index (χ2v) is 9.86. The summed E-state index contributed by atoms with van der Waals surface area (Å²) in [5.41, 5.74) is 0.490. The number of amides is 1. The van der Waals surface area contributed by atoms with Crippen LogP contribution in [0.25, 0.3) is 0 Å². The summed E-state index contributed by atoms with van der Waals surface area (Å²) in [6, 6.07) is 1.96. The van der Waals surface area contributed by atoms with Gasteiger partial charge in [0.15, 0.2) is 6.61 Å². The molecule has 3 rings (SSSR count). The quantitative estimate of drug-likeness (QED) is 0.538. The lowest BCUT2D eigenvalue weighted by molar-refractivity contribution is -0.139. The van der Waals surface area contributed by atoms with Gasteiger partial charge in [-0.1, -0.05) is 0 Å². The number of nitrogens with zero attached hydrogens (tertiary/aromatic N) is 1. The average molecular weight is 464 g/mol. The van der Waals surface area contributed by atoms with Gasteiger partial charge in [-0.05, 0) is 77.8 Å². The summed E-state index contributed by atoms with van der Waals surface area (Å²) in [7, 11) is 0. The van der Waals surface area contributed by atoms with Gasteiger partial charge in [-0.2, -0.15) is 0 Å². The summed E-state index contributed by atoms with van der Waals surface area (Å²) in [5.74, 6) is -0.157. The third-order valence-corrected chi connectivity index (χ3v) is 6.08. The van der Waals surface area contributed by atoms with Crippen molar-refractivity contribution in [3.05, 3.63) is 24.0 Å². The molecule has 0 radical (unpaired) electrons. The highest BCUT2D eigenvalue weighted by atomic mass is 16.6. The number of nitrogens with one attached hydrogen (secondary N) is 2. The van der Waals surface area contributed by atoms with Crippen LogP contribution < -0.4 is 15.4 Å². The van der Waals surface area contributed by atoms with E-state index in [0.29, 0.717) is 18.3 Å². The molecule has 2 heterocycles. The molecule has 2 aliphatic rings. The molecule has 2 fully saturated rings. The lowest BCUT2D eigenvalue weighted by atomic mass is 9.82. The molecule has 0 aromatic carbocycles. The predicted molar refractivity (Wildman–Crippen MR) is 122 cm³/mol. The molecule has 0 unspecified atom stereocenters. The number of carbonyl (C=O) groups excluding carboxylic acids is 1. The number of aliphatic carboxylic acids is 1. The smallest absolute Gasteiger partial charge is 0.407 e. The van der Waals surface area contributed by atoms with E-state index in [4.69, 9.17) is 19.3 Å². The molecule has 184 valence electrons. The number of piperidine rings is 1. The van der Waals surface area contributed by atoms with Crippen molar-refractivity contribution < 1.29 is 28.9 Å². The Bertz CT molecular complexity index is 789. The Labute approximate surface area is 195 Å². The molecule has 1 saturated heterocycles. The summed E-state index contributed by atoms with van der Waals surface area (Å²) in [6.07, 6.45) is 8.70. The molecular weight excluding hydrogens is 426 g/mol. The summed E-state index contributed by atoms with van der Waals surface area (Å²) < 4.78 is 17.1. The maximum absolute atomic E-state index is 12.2. The first-order chi connectivity index (χ1) is 15.7. The molecule has 1 aliphatic heterocycles. The van der Waals surface area contributed by atoms with E-state index >= 15 is 0 Å². The minimum absolute atomic E-state index is 0.0179. The summed E-state index contributed by atoms with van der Waals surface area (Å²) in [6.45, 7) is 6.65. The molecule has 9 heteroatoms. The highest BCUT2D eigenvalue weighted by Crippen LogP contribution is 2.38. The Balaban J connectivity index is 1.47. The minimum atomic E-state index is -1.00. The molecular formula is C24H37N3O6. The van der Waals surface area contributed by atoms with Crippen LogP contribution in [-0.2, 0) is 14.3 Å². The van der Waals surface area contributed by atoms with Crippen LogP contribution in [0.3, 0.4) is 0 Å². The molecule has 1 amide bonds. The molecule has 2 atom stereocenters. The molecule has 0 spiro atoms. The SMILES string of the molecule is CC(C)(C)OC(=O)N[C@H]1CCCN[C@H]1COC1CCC(c2ccncc2OCC(=O)O)CC1. The highest BCUT2D eigenvalue weighted by Gasteiger charge is 2.30. The second kappa shape index (κ2) is 11.7.